The SMILES string of the molecule is C=CCN1C(=O)S/C(=C/c2ccc(Sc3ccccc3)cc2)C1=O. The molecule has 2 amide bonds. The molecule has 0 unspecified atom stereocenters. The Morgan fingerprint density at radius 2 is 1.67 bits per heavy atom. The number of hydrogen-bond acceptors (Lipinski definition) is 4. The minimum absolute atomic E-state index is 0.245. The number of rotatable bonds is 5. The van der Waals surface area contributed by atoms with Crippen LogP contribution >= 0.6 is 23.5 Å². The summed E-state index contributed by atoms with van der Waals surface area (Å²) in [5.74, 6) is -0.257. The van der Waals surface area contributed by atoms with Crippen LogP contribution in [0.1, 0.15) is 5.56 Å². The lowest BCUT2D eigenvalue weighted by Gasteiger charge is -2.07. The maximum Gasteiger partial charge on any atom is 0.293 e. The predicted octanol–water partition coefficient (Wildman–Crippen LogP) is 5.06. The summed E-state index contributed by atoms with van der Waals surface area (Å²) >= 11 is 2.65. The van der Waals surface area contributed by atoms with Gasteiger partial charge in [0.25, 0.3) is 11.1 Å². The fourth-order valence-corrected chi connectivity index (χ4v) is 3.88. The fraction of sp³-hybridized carbons (Fsp3) is 0.0526. The molecule has 0 spiro atoms. The molecule has 0 aliphatic carbocycles. The summed E-state index contributed by atoms with van der Waals surface area (Å²) in [4.78, 5) is 27.9. The molecule has 3 rings (SSSR count). The van der Waals surface area contributed by atoms with Crippen molar-refractivity contribution in [1.29, 1.82) is 0 Å². The van der Waals surface area contributed by atoms with Crippen molar-refractivity contribution in [2.45, 2.75) is 9.79 Å². The molecule has 0 radical (unpaired) electrons. The molecular formula is C19H15NO2S2. The van der Waals surface area contributed by atoms with Crippen molar-refractivity contribution in [3.05, 3.63) is 77.7 Å². The van der Waals surface area contributed by atoms with Gasteiger partial charge in [-0.05, 0) is 47.7 Å². The Morgan fingerprint density at radius 3 is 2.33 bits per heavy atom. The highest BCUT2D eigenvalue weighted by molar-refractivity contribution is 8.18. The van der Waals surface area contributed by atoms with Crippen LogP contribution in [0.25, 0.3) is 6.08 Å². The van der Waals surface area contributed by atoms with E-state index in [1.807, 2.05) is 42.5 Å². The number of benzene rings is 2. The van der Waals surface area contributed by atoms with Crippen LogP contribution in [0.2, 0.25) is 0 Å². The number of thioether (sulfide) groups is 1. The lowest BCUT2D eigenvalue weighted by Crippen LogP contribution is -2.27. The van der Waals surface area contributed by atoms with Gasteiger partial charge in [-0.25, -0.2) is 0 Å². The van der Waals surface area contributed by atoms with Crippen LogP contribution in [-0.4, -0.2) is 22.6 Å². The minimum Gasteiger partial charge on any atom is -0.268 e. The Bertz CT molecular complexity index is 798. The van der Waals surface area contributed by atoms with E-state index in [9.17, 15) is 9.59 Å². The third-order valence-electron chi connectivity index (χ3n) is 3.34. The standard InChI is InChI=1S/C19H15NO2S2/c1-2-12-20-18(21)17(24-19(20)22)13-14-8-10-16(11-9-14)23-15-6-4-3-5-7-15/h2-11,13H,1,12H2/b17-13+. The van der Waals surface area contributed by atoms with E-state index in [-0.39, 0.29) is 17.7 Å². The van der Waals surface area contributed by atoms with Gasteiger partial charge in [-0.1, -0.05) is 48.2 Å². The van der Waals surface area contributed by atoms with Crippen LogP contribution in [0, 0.1) is 0 Å². The molecule has 2 aromatic carbocycles. The zero-order valence-electron chi connectivity index (χ0n) is 12.8. The topological polar surface area (TPSA) is 37.4 Å². The van der Waals surface area contributed by atoms with Gasteiger partial charge in [-0.3, -0.25) is 14.5 Å². The number of carbonyl (C=O) groups excluding carboxylic acids is 2. The molecule has 0 atom stereocenters. The maximum atomic E-state index is 12.2. The van der Waals surface area contributed by atoms with Crippen molar-refractivity contribution in [3.8, 4) is 0 Å². The normalized spacial score (nSPS) is 16.0. The smallest absolute Gasteiger partial charge is 0.268 e. The third kappa shape index (κ3) is 3.80. The predicted molar refractivity (Wildman–Crippen MR) is 99.9 cm³/mol. The van der Waals surface area contributed by atoms with E-state index in [0.29, 0.717) is 4.91 Å². The molecule has 0 saturated carbocycles. The molecule has 24 heavy (non-hydrogen) atoms. The van der Waals surface area contributed by atoms with Gasteiger partial charge >= 0.3 is 0 Å². The molecule has 3 nitrogen and oxygen atoms in total. The second kappa shape index (κ2) is 7.55. The van der Waals surface area contributed by atoms with E-state index in [4.69, 9.17) is 0 Å². The molecule has 1 heterocycles. The van der Waals surface area contributed by atoms with Crippen molar-refractivity contribution in [1.82, 2.24) is 4.90 Å². The van der Waals surface area contributed by atoms with Crippen molar-refractivity contribution >= 4 is 40.7 Å². The summed E-state index contributed by atoms with van der Waals surface area (Å²) in [6.07, 6.45) is 3.31. The third-order valence-corrected chi connectivity index (χ3v) is 5.27. The van der Waals surface area contributed by atoms with Gasteiger partial charge in [-0.15, -0.1) is 6.58 Å². The average molecular weight is 353 g/mol. The summed E-state index contributed by atoms with van der Waals surface area (Å²) in [7, 11) is 0. The molecule has 1 saturated heterocycles. The van der Waals surface area contributed by atoms with Crippen molar-refractivity contribution in [3.63, 3.8) is 0 Å². The highest BCUT2D eigenvalue weighted by Gasteiger charge is 2.33. The number of amides is 2. The summed E-state index contributed by atoms with van der Waals surface area (Å²) < 4.78 is 0. The minimum atomic E-state index is -0.257. The molecular weight excluding hydrogens is 338 g/mol. The Kier molecular flexibility index (Phi) is 5.23. The zero-order valence-corrected chi connectivity index (χ0v) is 14.5. The molecule has 1 fully saturated rings. The van der Waals surface area contributed by atoms with Gasteiger partial charge in [0, 0.05) is 16.3 Å². The number of imide groups is 1. The maximum absolute atomic E-state index is 12.2. The van der Waals surface area contributed by atoms with Crippen molar-refractivity contribution in [2.75, 3.05) is 6.54 Å². The fourth-order valence-electron chi connectivity index (χ4n) is 2.19. The van der Waals surface area contributed by atoms with Crippen molar-refractivity contribution in [2.24, 2.45) is 0 Å². The average Bonchev–Trinajstić information content (AvgIpc) is 2.85. The van der Waals surface area contributed by atoms with E-state index in [1.54, 1.807) is 23.9 Å². The highest BCUT2D eigenvalue weighted by Crippen LogP contribution is 2.33. The van der Waals surface area contributed by atoms with E-state index in [0.717, 1.165) is 22.2 Å². The molecule has 2 aromatic rings. The second-order valence-corrected chi connectivity index (χ2v) is 7.21. The molecule has 1 aliphatic rings. The van der Waals surface area contributed by atoms with E-state index < -0.39 is 0 Å². The van der Waals surface area contributed by atoms with Gasteiger partial charge in [0.1, 0.15) is 0 Å². The largest absolute Gasteiger partial charge is 0.293 e. The first-order valence-electron chi connectivity index (χ1n) is 7.36. The summed E-state index contributed by atoms with van der Waals surface area (Å²) in [5, 5.41) is -0.248. The van der Waals surface area contributed by atoms with Gasteiger partial charge in [0.15, 0.2) is 0 Å². The highest BCUT2D eigenvalue weighted by atomic mass is 32.2. The number of nitrogens with zero attached hydrogens (tertiary/aromatic N) is 1. The first-order valence-corrected chi connectivity index (χ1v) is 9.00. The van der Waals surface area contributed by atoms with Crippen molar-refractivity contribution < 1.29 is 9.59 Å². The molecule has 0 N–H and O–H groups in total. The van der Waals surface area contributed by atoms with Gasteiger partial charge in [-0.2, -0.15) is 0 Å². The Hall–Kier alpha value is -2.24. The van der Waals surface area contributed by atoms with Crippen LogP contribution in [-0.2, 0) is 4.79 Å². The Morgan fingerprint density at radius 1 is 1.00 bits per heavy atom. The van der Waals surface area contributed by atoms with E-state index in [2.05, 4.69) is 18.7 Å². The first kappa shape index (κ1) is 16.6. The zero-order chi connectivity index (χ0) is 16.9. The van der Waals surface area contributed by atoms with Crippen LogP contribution in [0.4, 0.5) is 4.79 Å². The van der Waals surface area contributed by atoms with Crippen LogP contribution in [0.15, 0.2) is 81.9 Å². The van der Waals surface area contributed by atoms with Gasteiger partial charge in [0.2, 0.25) is 0 Å². The Labute approximate surface area is 149 Å². The monoisotopic (exact) mass is 353 g/mol. The quantitative estimate of drug-likeness (QED) is 0.556. The van der Waals surface area contributed by atoms with Crippen LogP contribution < -0.4 is 0 Å². The van der Waals surface area contributed by atoms with E-state index in [1.165, 1.54) is 9.80 Å². The number of hydrogen-bond donors (Lipinski definition) is 0. The van der Waals surface area contributed by atoms with Crippen LogP contribution in [0.3, 0.4) is 0 Å². The summed E-state index contributed by atoms with van der Waals surface area (Å²) in [6.45, 7) is 3.81. The first-order chi connectivity index (χ1) is 11.7. The van der Waals surface area contributed by atoms with Crippen LogP contribution in [0.5, 0.6) is 0 Å². The number of carbonyl (C=O) groups is 2. The molecule has 120 valence electrons. The summed E-state index contributed by atoms with van der Waals surface area (Å²) in [6, 6.07) is 18.1. The van der Waals surface area contributed by atoms with Gasteiger partial charge < -0.3 is 0 Å². The second-order valence-electron chi connectivity index (χ2n) is 5.07. The van der Waals surface area contributed by atoms with Gasteiger partial charge in [0.05, 0.1) is 4.91 Å². The molecule has 0 aromatic heterocycles. The Balaban J connectivity index is 1.73. The molecule has 5 heteroatoms. The summed E-state index contributed by atoms with van der Waals surface area (Å²) in [5.41, 5.74) is 0.900. The lowest BCUT2D eigenvalue weighted by molar-refractivity contribution is -0.122. The molecule has 0 bridgehead atoms. The lowest BCUT2D eigenvalue weighted by atomic mass is 10.2. The van der Waals surface area contributed by atoms with E-state index >= 15 is 0 Å². The molecule has 1 aliphatic heterocycles.